The first-order chi connectivity index (χ1) is 12.8. The van der Waals surface area contributed by atoms with Crippen LogP contribution in [0.25, 0.3) is 0 Å². The molecule has 1 N–H and O–H groups in total. The number of pyridine rings is 1. The summed E-state index contributed by atoms with van der Waals surface area (Å²) in [5.74, 6) is 0.963. The molecular formula is C21H29IN4O. The van der Waals surface area contributed by atoms with Gasteiger partial charge in [-0.05, 0) is 37.1 Å². The van der Waals surface area contributed by atoms with Gasteiger partial charge in [0.25, 0.3) is 0 Å². The van der Waals surface area contributed by atoms with Crippen LogP contribution in [0.1, 0.15) is 29.8 Å². The minimum Gasteiger partial charge on any atom is -0.370 e. The van der Waals surface area contributed by atoms with Crippen molar-refractivity contribution in [3.63, 3.8) is 0 Å². The molecule has 1 atom stereocenters. The molecule has 1 aliphatic rings. The van der Waals surface area contributed by atoms with E-state index in [2.05, 4.69) is 53.3 Å². The van der Waals surface area contributed by atoms with Crippen molar-refractivity contribution in [1.29, 1.82) is 0 Å². The molecule has 0 bridgehead atoms. The lowest BCUT2D eigenvalue weighted by Gasteiger charge is -2.35. The molecule has 0 saturated carbocycles. The molecular weight excluding hydrogens is 451 g/mol. The van der Waals surface area contributed by atoms with Gasteiger partial charge in [-0.15, -0.1) is 24.0 Å². The monoisotopic (exact) mass is 480 g/mol. The number of nitrogens with zero attached hydrogens (tertiary/aromatic N) is 3. The van der Waals surface area contributed by atoms with Crippen molar-refractivity contribution in [1.82, 2.24) is 15.2 Å². The molecule has 0 amide bonds. The van der Waals surface area contributed by atoms with Gasteiger partial charge < -0.3 is 15.0 Å². The van der Waals surface area contributed by atoms with Crippen molar-refractivity contribution in [2.45, 2.75) is 26.4 Å². The third-order valence-corrected chi connectivity index (χ3v) is 4.59. The lowest BCUT2D eigenvalue weighted by molar-refractivity contribution is -0.00832. The predicted molar refractivity (Wildman–Crippen MR) is 121 cm³/mol. The van der Waals surface area contributed by atoms with Gasteiger partial charge in [-0.1, -0.05) is 30.3 Å². The highest BCUT2D eigenvalue weighted by Crippen LogP contribution is 2.24. The summed E-state index contributed by atoms with van der Waals surface area (Å²) in [6.45, 7) is 8.22. The fourth-order valence-electron chi connectivity index (χ4n) is 3.23. The molecule has 1 aromatic heterocycles. The van der Waals surface area contributed by atoms with Crippen LogP contribution in [0, 0.1) is 6.92 Å². The fourth-order valence-corrected chi connectivity index (χ4v) is 3.23. The normalized spacial score (nSPS) is 17.3. The molecule has 5 nitrogen and oxygen atoms in total. The summed E-state index contributed by atoms with van der Waals surface area (Å²) in [6.07, 6.45) is 2.77. The van der Waals surface area contributed by atoms with E-state index >= 15 is 0 Å². The van der Waals surface area contributed by atoms with E-state index in [0.717, 1.165) is 44.3 Å². The molecule has 27 heavy (non-hydrogen) atoms. The first-order valence-corrected chi connectivity index (χ1v) is 9.38. The minimum atomic E-state index is 0. The van der Waals surface area contributed by atoms with Crippen LogP contribution >= 0.6 is 24.0 Å². The van der Waals surface area contributed by atoms with Crippen molar-refractivity contribution < 1.29 is 4.74 Å². The first-order valence-electron chi connectivity index (χ1n) is 9.38. The number of guanidine groups is 1. The van der Waals surface area contributed by atoms with Crippen molar-refractivity contribution in [2.75, 3.05) is 32.8 Å². The summed E-state index contributed by atoms with van der Waals surface area (Å²) in [7, 11) is 0. The van der Waals surface area contributed by atoms with E-state index in [1.54, 1.807) is 0 Å². The van der Waals surface area contributed by atoms with E-state index in [1.165, 1.54) is 11.1 Å². The molecule has 1 unspecified atom stereocenters. The molecule has 1 fully saturated rings. The second-order valence-corrected chi connectivity index (χ2v) is 6.47. The number of nitrogens with one attached hydrogen (secondary N) is 1. The van der Waals surface area contributed by atoms with Crippen LogP contribution in [0.15, 0.2) is 53.7 Å². The number of benzene rings is 1. The Morgan fingerprint density at radius 3 is 2.81 bits per heavy atom. The zero-order chi connectivity index (χ0) is 18.2. The van der Waals surface area contributed by atoms with Gasteiger partial charge in [-0.2, -0.15) is 0 Å². The van der Waals surface area contributed by atoms with Crippen LogP contribution in [0.2, 0.25) is 0 Å². The molecule has 1 aromatic carbocycles. The summed E-state index contributed by atoms with van der Waals surface area (Å²) in [6, 6.07) is 14.5. The summed E-state index contributed by atoms with van der Waals surface area (Å²) >= 11 is 0. The Kier molecular flexibility index (Phi) is 9.00. The molecule has 146 valence electrons. The first kappa shape index (κ1) is 21.6. The lowest BCUT2D eigenvalue weighted by atomic mass is 10.0. The SMILES string of the molecule is CCNC(=NCCc1ccccn1)N1CCOC(c2ccccc2C)C1.I. The van der Waals surface area contributed by atoms with E-state index in [9.17, 15) is 0 Å². The highest BCUT2D eigenvalue weighted by molar-refractivity contribution is 14.0. The van der Waals surface area contributed by atoms with E-state index in [1.807, 2.05) is 24.4 Å². The maximum absolute atomic E-state index is 6.04. The van der Waals surface area contributed by atoms with Crippen LogP contribution in [0.4, 0.5) is 0 Å². The van der Waals surface area contributed by atoms with Gasteiger partial charge in [0.1, 0.15) is 6.10 Å². The van der Waals surface area contributed by atoms with Gasteiger partial charge in [0, 0.05) is 37.9 Å². The van der Waals surface area contributed by atoms with Crippen molar-refractivity contribution in [3.8, 4) is 0 Å². The summed E-state index contributed by atoms with van der Waals surface area (Å²) in [5, 5.41) is 3.43. The van der Waals surface area contributed by atoms with Gasteiger partial charge in [0.05, 0.1) is 13.2 Å². The van der Waals surface area contributed by atoms with E-state index < -0.39 is 0 Å². The van der Waals surface area contributed by atoms with Gasteiger partial charge in [-0.25, -0.2) is 0 Å². The zero-order valence-electron chi connectivity index (χ0n) is 16.1. The standard InChI is InChI=1S/C21H28N4O.HI/c1-3-22-21(24-13-11-18-9-6-7-12-23-18)25-14-15-26-20(16-25)19-10-5-4-8-17(19)2;/h4-10,12,20H,3,11,13-16H2,1-2H3,(H,22,24);1H. The number of hydrogen-bond donors (Lipinski definition) is 1. The average Bonchev–Trinajstić information content (AvgIpc) is 2.69. The van der Waals surface area contributed by atoms with E-state index in [0.29, 0.717) is 6.61 Å². The molecule has 2 aromatic rings. The average molecular weight is 480 g/mol. The smallest absolute Gasteiger partial charge is 0.194 e. The molecule has 0 radical (unpaired) electrons. The van der Waals surface area contributed by atoms with Crippen molar-refractivity contribution in [2.24, 2.45) is 4.99 Å². The maximum Gasteiger partial charge on any atom is 0.194 e. The molecule has 2 heterocycles. The molecule has 0 aliphatic carbocycles. The molecule has 3 rings (SSSR count). The summed E-state index contributed by atoms with van der Waals surface area (Å²) < 4.78 is 6.04. The van der Waals surface area contributed by atoms with Crippen LogP contribution in [0.5, 0.6) is 0 Å². The number of aliphatic imine (C=N–C) groups is 1. The Morgan fingerprint density at radius 2 is 2.07 bits per heavy atom. The number of aromatic nitrogens is 1. The quantitative estimate of drug-likeness (QED) is 0.404. The van der Waals surface area contributed by atoms with Gasteiger partial charge in [0.2, 0.25) is 0 Å². The number of morpholine rings is 1. The van der Waals surface area contributed by atoms with Crippen molar-refractivity contribution in [3.05, 3.63) is 65.5 Å². The van der Waals surface area contributed by atoms with Gasteiger partial charge in [-0.3, -0.25) is 9.98 Å². The number of aryl methyl sites for hydroxylation is 1. The predicted octanol–water partition coefficient (Wildman–Crippen LogP) is 3.59. The Morgan fingerprint density at radius 1 is 1.26 bits per heavy atom. The number of ether oxygens (including phenoxy) is 1. The third-order valence-electron chi connectivity index (χ3n) is 4.59. The summed E-state index contributed by atoms with van der Waals surface area (Å²) in [5.41, 5.74) is 3.62. The Bertz CT molecular complexity index is 723. The Labute approximate surface area is 179 Å². The van der Waals surface area contributed by atoms with E-state index in [-0.39, 0.29) is 30.1 Å². The number of halogens is 1. The maximum atomic E-state index is 6.04. The topological polar surface area (TPSA) is 49.8 Å². The number of rotatable bonds is 5. The minimum absolute atomic E-state index is 0. The zero-order valence-corrected chi connectivity index (χ0v) is 18.4. The van der Waals surface area contributed by atoms with Crippen LogP contribution < -0.4 is 5.32 Å². The molecule has 0 spiro atoms. The highest BCUT2D eigenvalue weighted by atomic mass is 127. The highest BCUT2D eigenvalue weighted by Gasteiger charge is 2.25. The second kappa shape index (κ2) is 11.2. The van der Waals surface area contributed by atoms with Crippen molar-refractivity contribution >= 4 is 29.9 Å². The second-order valence-electron chi connectivity index (χ2n) is 6.47. The van der Waals surface area contributed by atoms with Gasteiger partial charge in [0.15, 0.2) is 5.96 Å². The molecule has 6 heteroatoms. The fraction of sp³-hybridized carbons (Fsp3) is 0.429. The third kappa shape index (κ3) is 6.17. The van der Waals surface area contributed by atoms with Gasteiger partial charge >= 0.3 is 0 Å². The summed E-state index contributed by atoms with van der Waals surface area (Å²) in [4.78, 5) is 11.5. The molecule has 1 saturated heterocycles. The van der Waals surface area contributed by atoms with Crippen LogP contribution in [-0.2, 0) is 11.2 Å². The Balaban J connectivity index is 0.00000261. The van der Waals surface area contributed by atoms with E-state index in [4.69, 9.17) is 9.73 Å². The van der Waals surface area contributed by atoms with Crippen LogP contribution in [0.3, 0.4) is 0 Å². The molecule has 1 aliphatic heterocycles. The number of hydrogen-bond acceptors (Lipinski definition) is 3. The largest absolute Gasteiger partial charge is 0.370 e. The Hall–Kier alpha value is -1.67. The van der Waals surface area contributed by atoms with Crippen LogP contribution in [-0.4, -0.2) is 48.6 Å². The lowest BCUT2D eigenvalue weighted by Crippen LogP contribution is -2.48.